The number of nitrogens with one attached hydrogen (secondary N) is 2. The van der Waals surface area contributed by atoms with Crippen molar-refractivity contribution in [3.05, 3.63) is 35.2 Å². The number of aliphatic hydroxyl groups is 4. The van der Waals surface area contributed by atoms with E-state index in [0.29, 0.717) is 48.0 Å². The Hall–Kier alpha value is -2.97. The molecule has 32 heavy (non-hydrogen) atoms. The van der Waals surface area contributed by atoms with Crippen LogP contribution in [0.1, 0.15) is 36.1 Å². The van der Waals surface area contributed by atoms with E-state index in [1.807, 2.05) is 0 Å². The Labute approximate surface area is 186 Å². The molecular formula is C22H29N5O5. The van der Waals surface area contributed by atoms with E-state index in [-0.39, 0.29) is 25.5 Å². The van der Waals surface area contributed by atoms with Crippen molar-refractivity contribution >= 4 is 11.8 Å². The van der Waals surface area contributed by atoms with Crippen LogP contribution in [-0.4, -0.2) is 74.1 Å². The van der Waals surface area contributed by atoms with Crippen molar-refractivity contribution in [3.63, 3.8) is 0 Å². The van der Waals surface area contributed by atoms with E-state index in [1.165, 1.54) is 7.11 Å². The molecule has 1 saturated carbocycles. The molecule has 0 aromatic carbocycles. The summed E-state index contributed by atoms with van der Waals surface area (Å²) in [6.07, 6.45) is 1.65. The van der Waals surface area contributed by atoms with E-state index in [1.54, 1.807) is 25.3 Å². The molecule has 10 heteroatoms. The lowest BCUT2D eigenvalue weighted by molar-refractivity contribution is -0.0545. The summed E-state index contributed by atoms with van der Waals surface area (Å²) in [6.45, 7) is 2.05. The maximum absolute atomic E-state index is 11.0. The monoisotopic (exact) mass is 443 g/mol. The molecule has 10 nitrogen and oxygen atoms in total. The van der Waals surface area contributed by atoms with Crippen LogP contribution < -0.4 is 15.4 Å². The highest BCUT2D eigenvalue weighted by Gasteiger charge is 2.47. The molecule has 3 rings (SSSR count). The van der Waals surface area contributed by atoms with Gasteiger partial charge in [0.15, 0.2) is 5.72 Å². The Morgan fingerprint density at radius 1 is 1.25 bits per heavy atom. The molecule has 0 spiro atoms. The summed E-state index contributed by atoms with van der Waals surface area (Å²) in [5.74, 6) is 6.66. The van der Waals surface area contributed by atoms with Gasteiger partial charge < -0.3 is 35.8 Å². The van der Waals surface area contributed by atoms with Gasteiger partial charge in [-0.15, -0.1) is 0 Å². The van der Waals surface area contributed by atoms with Gasteiger partial charge in [-0.25, -0.2) is 9.97 Å². The van der Waals surface area contributed by atoms with Crippen molar-refractivity contribution in [2.45, 2.75) is 38.0 Å². The Kier molecular flexibility index (Phi) is 7.82. The molecule has 2 aromatic rings. The second-order valence-corrected chi connectivity index (χ2v) is 7.67. The molecule has 0 amide bonds. The van der Waals surface area contributed by atoms with E-state index in [4.69, 9.17) is 9.84 Å². The quantitative estimate of drug-likeness (QED) is 0.190. The second-order valence-electron chi connectivity index (χ2n) is 7.67. The van der Waals surface area contributed by atoms with Crippen molar-refractivity contribution in [2.75, 3.05) is 37.5 Å². The average Bonchev–Trinajstić information content (AvgIpc) is 3.07. The number of hydrogen-bond acceptors (Lipinski definition) is 10. The zero-order valence-electron chi connectivity index (χ0n) is 18.2. The third kappa shape index (κ3) is 5.44. The van der Waals surface area contributed by atoms with Crippen molar-refractivity contribution in [2.24, 2.45) is 5.92 Å². The van der Waals surface area contributed by atoms with E-state index in [0.717, 1.165) is 0 Å². The average molecular weight is 444 g/mol. The number of aryl methyl sites for hydroxylation is 1. The number of ether oxygens (including phenoxy) is 1. The van der Waals surface area contributed by atoms with Crippen molar-refractivity contribution in [1.82, 2.24) is 15.0 Å². The number of rotatable bonds is 8. The first-order chi connectivity index (χ1) is 15.4. The second kappa shape index (κ2) is 10.6. The van der Waals surface area contributed by atoms with Crippen LogP contribution in [0.2, 0.25) is 0 Å². The van der Waals surface area contributed by atoms with Crippen LogP contribution in [-0.2, 0) is 0 Å². The van der Waals surface area contributed by atoms with Gasteiger partial charge in [0.25, 0.3) is 0 Å². The van der Waals surface area contributed by atoms with Gasteiger partial charge >= 0.3 is 0 Å². The predicted molar refractivity (Wildman–Crippen MR) is 118 cm³/mol. The van der Waals surface area contributed by atoms with Crippen molar-refractivity contribution in [3.8, 4) is 17.7 Å². The molecule has 1 fully saturated rings. The zero-order valence-corrected chi connectivity index (χ0v) is 18.2. The summed E-state index contributed by atoms with van der Waals surface area (Å²) in [5, 5.41) is 46.0. The molecule has 0 radical (unpaired) electrons. The molecule has 172 valence electrons. The lowest BCUT2D eigenvalue weighted by Crippen LogP contribution is -2.48. The van der Waals surface area contributed by atoms with Crippen LogP contribution in [0.25, 0.3) is 0 Å². The van der Waals surface area contributed by atoms with Gasteiger partial charge in [0.1, 0.15) is 11.9 Å². The molecule has 0 aliphatic heterocycles. The topological polar surface area (TPSA) is 153 Å². The fraction of sp³-hybridized carbons (Fsp3) is 0.500. The minimum atomic E-state index is -1.66. The maximum Gasteiger partial charge on any atom is 0.224 e. The molecule has 2 aromatic heterocycles. The molecule has 2 heterocycles. The van der Waals surface area contributed by atoms with Gasteiger partial charge in [-0.3, -0.25) is 0 Å². The fourth-order valence-electron chi connectivity index (χ4n) is 3.51. The summed E-state index contributed by atoms with van der Waals surface area (Å²) < 4.78 is 5.06. The summed E-state index contributed by atoms with van der Waals surface area (Å²) >= 11 is 0. The van der Waals surface area contributed by atoms with Crippen LogP contribution in [0, 0.1) is 24.7 Å². The highest BCUT2D eigenvalue weighted by Crippen LogP contribution is 2.36. The van der Waals surface area contributed by atoms with Crippen LogP contribution in [0.5, 0.6) is 5.88 Å². The maximum atomic E-state index is 11.0. The number of pyridine rings is 1. The smallest absolute Gasteiger partial charge is 0.224 e. The summed E-state index contributed by atoms with van der Waals surface area (Å²) in [5.41, 5.74) is 0.0231. The molecule has 3 atom stereocenters. The number of hydrogen-bond donors (Lipinski definition) is 6. The van der Waals surface area contributed by atoms with Gasteiger partial charge in [-0.05, 0) is 32.3 Å². The van der Waals surface area contributed by atoms with Gasteiger partial charge in [0.05, 0.1) is 18.4 Å². The third-order valence-electron chi connectivity index (χ3n) is 5.39. The van der Waals surface area contributed by atoms with Gasteiger partial charge in [-0.1, -0.05) is 11.8 Å². The predicted octanol–water partition coefficient (Wildman–Crippen LogP) is 0.246. The highest BCUT2D eigenvalue weighted by atomic mass is 16.5. The first kappa shape index (κ1) is 23.7. The lowest BCUT2D eigenvalue weighted by Gasteiger charge is -2.30. The number of methoxy groups -OCH3 is 1. The number of anilines is 2. The molecule has 6 N–H and O–H groups in total. The normalized spacial score (nSPS) is 22.2. The van der Waals surface area contributed by atoms with Crippen LogP contribution in [0.3, 0.4) is 0 Å². The van der Waals surface area contributed by atoms with E-state index >= 15 is 0 Å². The fourth-order valence-corrected chi connectivity index (χ4v) is 3.51. The Bertz CT molecular complexity index is 975. The Balaban J connectivity index is 1.95. The zero-order chi connectivity index (χ0) is 23.1. The molecule has 3 unspecified atom stereocenters. The van der Waals surface area contributed by atoms with Crippen molar-refractivity contribution < 1.29 is 25.2 Å². The van der Waals surface area contributed by atoms with Gasteiger partial charge in [0.2, 0.25) is 11.8 Å². The Morgan fingerprint density at radius 2 is 2.06 bits per heavy atom. The number of aromatic nitrogens is 3. The lowest BCUT2D eigenvalue weighted by atomic mass is 10.0. The number of nitrogens with zero attached hydrogens (tertiary/aromatic N) is 3. The minimum Gasteiger partial charge on any atom is -0.481 e. The largest absolute Gasteiger partial charge is 0.481 e. The first-order valence-electron chi connectivity index (χ1n) is 10.4. The molecule has 0 saturated heterocycles. The molecule has 1 aliphatic carbocycles. The molecule has 1 aliphatic rings. The summed E-state index contributed by atoms with van der Waals surface area (Å²) in [7, 11) is 1.53. The van der Waals surface area contributed by atoms with E-state index < -0.39 is 17.7 Å². The minimum absolute atomic E-state index is 0.0328. The number of aliphatic hydroxyl groups excluding tert-OH is 3. The summed E-state index contributed by atoms with van der Waals surface area (Å²) in [4.78, 5) is 13.0. The Morgan fingerprint density at radius 3 is 2.69 bits per heavy atom. The molecule has 0 bridgehead atoms. The first-order valence-corrected chi connectivity index (χ1v) is 10.4. The molecular weight excluding hydrogens is 414 g/mol. The van der Waals surface area contributed by atoms with Crippen molar-refractivity contribution in [1.29, 1.82) is 0 Å². The van der Waals surface area contributed by atoms with Gasteiger partial charge in [0, 0.05) is 43.5 Å². The van der Waals surface area contributed by atoms with Crippen LogP contribution in [0.15, 0.2) is 18.3 Å². The van der Waals surface area contributed by atoms with E-state index in [2.05, 4.69) is 37.4 Å². The SMILES string of the molecule is COc1ccc(C#Cc2c(C)nc(NCCCO)nc2NC2(O)CCC(CO)C2O)cn1. The third-order valence-corrected chi connectivity index (χ3v) is 5.39. The van der Waals surface area contributed by atoms with E-state index in [9.17, 15) is 15.3 Å². The van der Waals surface area contributed by atoms with Gasteiger partial charge in [-0.2, -0.15) is 4.98 Å². The van der Waals surface area contributed by atoms with Crippen LogP contribution in [0.4, 0.5) is 11.8 Å². The van der Waals surface area contributed by atoms with Crippen LogP contribution >= 0.6 is 0 Å². The summed E-state index contributed by atoms with van der Waals surface area (Å²) in [6, 6.07) is 3.47. The standard InChI is InChI=1S/C22H29N5O5/c1-14-17(6-4-15-5-7-18(32-2)24-12-15)20(26-21(25-14)23-10-3-11-28)27-22(31)9-8-16(13-29)19(22)30/h5,7,12,16,19,28-31H,3,8-11,13H2,1-2H3,(H2,23,25,26,27). The highest BCUT2D eigenvalue weighted by molar-refractivity contribution is 5.61.